The average molecular weight is 357 g/mol. The first-order chi connectivity index (χ1) is 13.0. The SMILES string of the molecule is C1=CCCC1.C1=CCCCC1.C1=CCCCCC1.C1=CCCCCCC1. The van der Waals surface area contributed by atoms with Crippen molar-refractivity contribution in [2.45, 2.75) is 116 Å². The van der Waals surface area contributed by atoms with E-state index in [2.05, 4.69) is 48.6 Å². The van der Waals surface area contributed by atoms with Crippen LogP contribution < -0.4 is 0 Å². The van der Waals surface area contributed by atoms with Gasteiger partial charge in [0, 0.05) is 0 Å². The molecule has 0 nitrogen and oxygen atoms in total. The van der Waals surface area contributed by atoms with Gasteiger partial charge in [0.1, 0.15) is 0 Å². The molecule has 0 aromatic rings. The maximum absolute atomic E-state index is 2.32. The molecular weight excluding hydrogens is 312 g/mol. The van der Waals surface area contributed by atoms with E-state index in [1.165, 1.54) is 116 Å². The molecule has 148 valence electrons. The van der Waals surface area contributed by atoms with Crippen molar-refractivity contribution < 1.29 is 0 Å². The molecule has 0 heteroatoms. The number of hydrogen-bond acceptors (Lipinski definition) is 0. The molecule has 4 aliphatic carbocycles. The average Bonchev–Trinajstić information content (AvgIpc) is 3.12. The molecule has 0 aromatic heterocycles. The Labute approximate surface area is 164 Å². The lowest BCUT2D eigenvalue weighted by atomic mass is 10.1. The van der Waals surface area contributed by atoms with Gasteiger partial charge in [0.25, 0.3) is 0 Å². The molecule has 0 amide bonds. The van der Waals surface area contributed by atoms with E-state index in [1.807, 2.05) is 0 Å². The highest BCUT2D eigenvalue weighted by Gasteiger charge is 1.90. The molecular formula is C26H44. The molecule has 0 spiro atoms. The summed E-state index contributed by atoms with van der Waals surface area (Å²) in [6, 6.07) is 0. The standard InChI is InChI=1S/C8H14.C7H12.C6H10.C5H8/c1-2-4-6-8-7-5-3-1;1-2-4-6-7-5-3-1;1-2-4-6-5-3-1;1-2-4-5-3-1/h1-2H,3-8H2;1-2H,3-7H2;1-2H,3-6H2;1-2H,3-5H2. The van der Waals surface area contributed by atoms with Gasteiger partial charge < -0.3 is 0 Å². The summed E-state index contributed by atoms with van der Waals surface area (Å²) in [4.78, 5) is 0. The largest absolute Gasteiger partial charge is 0.0885 e. The van der Waals surface area contributed by atoms with Crippen molar-refractivity contribution in [1.82, 2.24) is 0 Å². The van der Waals surface area contributed by atoms with Crippen molar-refractivity contribution in [1.29, 1.82) is 0 Å². The highest BCUT2D eigenvalue weighted by Crippen LogP contribution is 2.10. The van der Waals surface area contributed by atoms with Crippen molar-refractivity contribution in [3.8, 4) is 0 Å². The highest BCUT2D eigenvalue weighted by molar-refractivity contribution is 4.88. The Balaban J connectivity index is 0.000000176. The second kappa shape index (κ2) is 20.3. The van der Waals surface area contributed by atoms with E-state index >= 15 is 0 Å². The van der Waals surface area contributed by atoms with E-state index in [1.54, 1.807) is 0 Å². The van der Waals surface area contributed by atoms with Gasteiger partial charge in [0.15, 0.2) is 0 Å². The molecule has 0 saturated carbocycles. The predicted octanol–water partition coefficient (Wildman–Crippen LogP) is 9.25. The summed E-state index contributed by atoms with van der Waals surface area (Å²) < 4.78 is 0. The van der Waals surface area contributed by atoms with Crippen molar-refractivity contribution in [2.75, 3.05) is 0 Å². The number of rotatable bonds is 0. The molecule has 0 heterocycles. The lowest BCUT2D eigenvalue weighted by Gasteiger charge is -2.00. The van der Waals surface area contributed by atoms with Gasteiger partial charge in [-0.05, 0) is 96.3 Å². The van der Waals surface area contributed by atoms with Crippen molar-refractivity contribution in [2.24, 2.45) is 0 Å². The summed E-state index contributed by atoms with van der Waals surface area (Å²) in [7, 11) is 0. The van der Waals surface area contributed by atoms with Crippen molar-refractivity contribution in [3.63, 3.8) is 0 Å². The summed E-state index contributed by atoms with van der Waals surface area (Å²) >= 11 is 0. The Kier molecular flexibility index (Phi) is 17.9. The van der Waals surface area contributed by atoms with Crippen LogP contribution in [0.5, 0.6) is 0 Å². The Morgan fingerprint density at radius 1 is 0.192 bits per heavy atom. The summed E-state index contributed by atoms with van der Waals surface area (Å²) in [5.41, 5.74) is 0. The molecule has 0 aromatic carbocycles. The van der Waals surface area contributed by atoms with Gasteiger partial charge in [-0.2, -0.15) is 0 Å². The Morgan fingerprint density at radius 3 is 0.615 bits per heavy atom. The number of hydrogen-bond donors (Lipinski definition) is 0. The summed E-state index contributed by atoms with van der Waals surface area (Å²) in [5, 5.41) is 0. The zero-order valence-corrected chi connectivity index (χ0v) is 17.3. The topological polar surface area (TPSA) is 0 Å². The fourth-order valence-corrected chi connectivity index (χ4v) is 3.40. The second-order valence-electron chi connectivity index (χ2n) is 7.73. The first kappa shape index (κ1) is 23.0. The van der Waals surface area contributed by atoms with Gasteiger partial charge in [-0.15, -0.1) is 0 Å². The molecule has 4 rings (SSSR count). The zero-order valence-electron chi connectivity index (χ0n) is 17.3. The highest BCUT2D eigenvalue weighted by atomic mass is 14.0. The molecule has 0 radical (unpaired) electrons. The van der Waals surface area contributed by atoms with E-state index in [0.29, 0.717) is 0 Å². The normalized spacial score (nSPS) is 21.5. The van der Waals surface area contributed by atoms with Crippen molar-refractivity contribution in [3.05, 3.63) is 48.6 Å². The molecule has 0 bridgehead atoms. The van der Waals surface area contributed by atoms with Gasteiger partial charge in [-0.1, -0.05) is 67.9 Å². The molecule has 0 atom stereocenters. The fourth-order valence-electron chi connectivity index (χ4n) is 3.40. The second-order valence-corrected chi connectivity index (χ2v) is 7.73. The first-order valence-electron chi connectivity index (χ1n) is 11.6. The maximum atomic E-state index is 2.32. The minimum atomic E-state index is 1.32. The smallest absolute Gasteiger partial charge is 0.0348 e. The van der Waals surface area contributed by atoms with Gasteiger partial charge in [0.2, 0.25) is 0 Å². The van der Waals surface area contributed by atoms with E-state index in [9.17, 15) is 0 Å². The lowest BCUT2D eigenvalue weighted by molar-refractivity contribution is 0.638. The van der Waals surface area contributed by atoms with Crippen LogP contribution in [0.3, 0.4) is 0 Å². The minimum Gasteiger partial charge on any atom is -0.0885 e. The molecule has 4 aliphatic rings. The molecule has 0 saturated heterocycles. The first-order valence-corrected chi connectivity index (χ1v) is 11.6. The van der Waals surface area contributed by atoms with E-state index in [0.717, 1.165) is 0 Å². The van der Waals surface area contributed by atoms with Crippen LogP contribution in [0.25, 0.3) is 0 Å². The summed E-state index contributed by atoms with van der Waals surface area (Å²) in [6.07, 6.45) is 43.0. The molecule has 0 fully saturated rings. The lowest BCUT2D eigenvalue weighted by Crippen LogP contribution is -1.80. The molecule has 0 aliphatic heterocycles. The van der Waals surface area contributed by atoms with Gasteiger partial charge in [-0.3, -0.25) is 0 Å². The summed E-state index contributed by atoms with van der Waals surface area (Å²) in [6.45, 7) is 0. The summed E-state index contributed by atoms with van der Waals surface area (Å²) in [5.74, 6) is 0. The third-order valence-electron chi connectivity index (χ3n) is 5.13. The zero-order chi connectivity index (χ0) is 18.4. The predicted molar refractivity (Wildman–Crippen MR) is 120 cm³/mol. The van der Waals surface area contributed by atoms with Crippen LogP contribution >= 0.6 is 0 Å². The van der Waals surface area contributed by atoms with E-state index < -0.39 is 0 Å². The van der Waals surface area contributed by atoms with E-state index in [-0.39, 0.29) is 0 Å². The monoisotopic (exact) mass is 356 g/mol. The van der Waals surface area contributed by atoms with Crippen LogP contribution in [0.1, 0.15) is 116 Å². The van der Waals surface area contributed by atoms with Crippen molar-refractivity contribution >= 4 is 0 Å². The van der Waals surface area contributed by atoms with Crippen LogP contribution in [0, 0.1) is 0 Å². The van der Waals surface area contributed by atoms with Crippen LogP contribution in [0.15, 0.2) is 48.6 Å². The van der Waals surface area contributed by atoms with Gasteiger partial charge in [0.05, 0.1) is 0 Å². The maximum Gasteiger partial charge on any atom is -0.0348 e. The Morgan fingerprint density at radius 2 is 0.385 bits per heavy atom. The van der Waals surface area contributed by atoms with Crippen LogP contribution in [-0.4, -0.2) is 0 Å². The third-order valence-corrected chi connectivity index (χ3v) is 5.13. The van der Waals surface area contributed by atoms with Crippen LogP contribution in [0.4, 0.5) is 0 Å². The Hall–Kier alpha value is -1.04. The van der Waals surface area contributed by atoms with Gasteiger partial charge >= 0.3 is 0 Å². The minimum absolute atomic E-state index is 1.32. The molecule has 0 unspecified atom stereocenters. The molecule has 26 heavy (non-hydrogen) atoms. The third kappa shape index (κ3) is 17.8. The fraction of sp³-hybridized carbons (Fsp3) is 0.692. The van der Waals surface area contributed by atoms with Gasteiger partial charge in [-0.25, -0.2) is 0 Å². The quantitative estimate of drug-likeness (QED) is 0.379. The molecule has 0 N–H and O–H groups in total. The Bertz CT molecular complexity index is 351. The number of allylic oxidation sites excluding steroid dienone is 8. The van der Waals surface area contributed by atoms with Crippen LogP contribution in [-0.2, 0) is 0 Å². The van der Waals surface area contributed by atoms with E-state index in [4.69, 9.17) is 0 Å². The van der Waals surface area contributed by atoms with Crippen LogP contribution in [0.2, 0.25) is 0 Å².